The number of piperazine rings is 1. The highest BCUT2D eigenvalue weighted by Gasteiger charge is 2.22. The maximum atomic E-state index is 13.2. The molecule has 214 valence electrons. The van der Waals surface area contributed by atoms with Gasteiger partial charge in [0.15, 0.2) is 0 Å². The summed E-state index contributed by atoms with van der Waals surface area (Å²) in [5.74, 6) is -1.52. The Kier molecular flexibility index (Phi) is 10.9. The maximum absolute atomic E-state index is 13.2. The highest BCUT2D eigenvalue weighted by Crippen LogP contribution is 2.28. The number of aromatic carboxylic acids is 1. The monoisotopic (exact) mass is 632 g/mol. The number of carboxylic acid groups (broad SMARTS) is 1. The van der Waals surface area contributed by atoms with E-state index in [0.717, 1.165) is 30.0 Å². The molecule has 0 atom stereocenters. The third-order valence-corrected chi connectivity index (χ3v) is 7.59. The van der Waals surface area contributed by atoms with Crippen molar-refractivity contribution in [1.82, 2.24) is 4.98 Å². The fourth-order valence-electron chi connectivity index (χ4n) is 4.29. The van der Waals surface area contributed by atoms with Crippen LogP contribution >= 0.6 is 37.2 Å². The molecule has 0 unspecified atom stereocenters. The zero-order chi connectivity index (χ0) is 26.2. The third kappa shape index (κ3) is 7.03. The summed E-state index contributed by atoms with van der Waals surface area (Å²) >= 11 is 0. The second kappa shape index (κ2) is 13.3. The fraction of sp³-hybridized carbons (Fsp3) is 0.154. The molecule has 1 fully saturated rings. The van der Waals surface area contributed by atoms with E-state index in [0.29, 0.717) is 37.5 Å². The zero-order valence-electron chi connectivity index (χ0n) is 20.7. The van der Waals surface area contributed by atoms with Crippen LogP contribution < -0.4 is 14.5 Å². The zero-order valence-corrected chi connectivity index (χ0v) is 23.9. The van der Waals surface area contributed by atoms with Crippen LogP contribution in [0, 0.1) is 11.6 Å². The normalized spacial score (nSPS) is 13.1. The summed E-state index contributed by atoms with van der Waals surface area (Å²) in [5.41, 5.74) is 1.46. The van der Waals surface area contributed by atoms with Gasteiger partial charge in [0, 0.05) is 42.9 Å². The summed E-state index contributed by atoms with van der Waals surface area (Å²) in [5, 5.41) is 10.2. The first-order valence-corrected chi connectivity index (χ1v) is 12.9. The van der Waals surface area contributed by atoms with Crippen molar-refractivity contribution in [2.75, 3.05) is 40.7 Å². The summed E-state index contributed by atoms with van der Waals surface area (Å²) in [6.07, 6.45) is 0. The van der Waals surface area contributed by atoms with Crippen LogP contribution in [0.2, 0.25) is 0 Å². The molecule has 1 saturated heterocycles. The maximum Gasteiger partial charge on any atom is 0.336 e. The lowest BCUT2D eigenvalue weighted by molar-refractivity contribution is 0.0699. The number of benzene rings is 3. The average Bonchev–Trinajstić information content (AvgIpc) is 2.88. The Morgan fingerprint density at radius 1 is 0.800 bits per heavy atom. The van der Waals surface area contributed by atoms with Crippen LogP contribution in [0.4, 0.5) is 26.0 Å². The van der Waals surface area contributed by atoms with Gasteiger partial charge in [-0.05, 0) is 72.8 Å². The first-order valence-electron chi connectivity index (χ1n) is 11.4. The van der Waals surface area contributed by atoms with Crippen molar-refractivity contribution in [1.29, 1.82) is 0 Å². The molecule has 1 aromatic heterocycles. The minimum Gasteiger partial charge on any atom is -0.478 e. The number of pyridine rings is 1. The molecule has 0 amide bonds. The lowest BCUT2D eigenvalue weighted by atomic mass is 10.1. The molecular weight excluding hydrogens is 609 g/mol. The lowest BCUT2D eigenvalue weighted by Gasteiger charge is -2.37. The first-order chi connectivity index (χ1) is 17.7. The van der Waals surface area contributed by atoms with Gasteiger partial charge in [-0.3, -0.25) is 4.72 Å². The number of aromatic nitrogens is 1. The van der Waals surface area contributed by atoms with Gasteiger partial charge in [0.2, 0.25) is 0 Å². The number of rotatable bonds is 6. The van der Waals surface area contributed by atoms with E-state index < -0.39 is 21.8 Å². The van der Waals surface area contributed by atoms with Crippen molar-refractivity contribution in [3.8, 4) is 0 Å². The minimum atomic E-state index is -4.01. The van der Waals surface area contributed by atoms with E-state index in [9.17, 15) is 27.1 Å². The number of fused-ring (bicyclic) bond motifs is 1. The minimum absolute atomic E-state index is 0. The number of hydrogen-bond acceptors (Lipinski definition) is 6. The summed E-state index contributed by atoms with van der Waals surface area (Å²) in [6.45, 7) is 2.48. The van der Waals surface area contributed by atoms with Gasteiger partial charge in [0.25, 0.3) is 10.0 Å². The van der Waals surface area contributed by atoms with Crippen molar-refractivity contribution in [3.05, 3.63) is 90.0 Å². The smallest absolute Gasteiger partial charge is 0.336 e. The SMILES string of the molecule is Cl.Cl.Cl.O=C(O)c1cc(N2CCN(c3ccc(F)cc3)CC2)nc2ccc(NS(=O)(=O)c3ccc(F)cc3)cc12. The van der Waals surface area contributed by atoms with E-state index in [1.807, 2.05) is 4.90 Å². The van der Waals surface area contributed by atoms with Crippen LogP contribution in [0.1, 0.15) is 10.4 Å². The molecule has 0 radical (unpaired) electrons. The number of carboxylic acids is 1. The Morgan fingerprint density at radius 3 is 1.93 bits per heavy atom. The van der Waals surface area contributed by atoms with Crippen molar-refractivity contribution in [2.24, 2.45) is 0 Å². The van der Waals surface area contributed by atoms with Crippen LogP contribution in [-0.4, -0.2) is 50.7 Å². The van der Waals surface area contributed by atoms with E-state index in [2.05, 4.69) is 14.6 Å². The number of anilines is 3. The fourth-order valence-corrected chi connectivity index (χ4v) is 5.34. The topological polar surface area (TPSA) is 103 Å². The summed E-state index contributed by atoms with van der Waals surface area (Å²) < 4.78 is 54.2. The Morgan fingerprint density at radius 2 is 1.35 bits per heavy atom. The Labute approximate surface area is 248 Å². The van der Waals surface area contributed by atoms with Gasteiger partial charge < -0.3 is 14.9 Å². The van der Waals surface area contributed by atoms with Gasteiger partial charge >= 0.3 is 5.97 Å². The molecule has 8 nitrogen and oxygen atoms in total. The quantitative estimate of drug-likeness (QED) is 0.285. The van der Waals surface area contributed by atoms with E-state index in [4.69, 9.17) is 0 Å². The Hall–Kier alpha value is -3.38. The van der Waals surface area contributed by atoms with Crippen molar-refractivity contribution >= 4 is 81.3 Å². The molecule has 0 aliphatic carbocycles. The Bertz CT molecular complexity index is 1590. The van der Waals surface area contributed by atoms with Crippen LogP contribution in [-0.2, 0) is 10.0 Å². The summed E-state index contributed by atoms with van der Waals surface area (Å²) in [7, 11) is -4.01. The molecule has 40 heavy (non-hydrogen) atoms. The van der Waals surface area contributed by atoms with Crippen LogP contribution in [0.25, 0.3) is 10.9 Å². The number of sulfonamides is 1. The number of nitrogens with zero attached hydrogens (tertiary/aromatic N) is 3. The third-order valence-electron chi connectivity index (χ3n) is 6.20. The van der Waals surface area contributed by atoms with Gasteiger partial charge in [0.1, 0.15) is 17.5 Å². The molecule has 1 aliphatic rings. The largest absolute Gasteiger partial charge is 0.478 e. The number of halogens is 5. The molecule has 4 aromatic rings. The molecule has 2 heterocycles. The first kappa shape index (κ1) is 32.8. The average molecular weight is 634 g/mol. The predicted molar refractivity (Wildman–Crippen MR) is 158 cm³/mol. The highest BCUT2D eigenvalue weighted by molar-refractivity contribution is 7.92. The van der Waals surface area contributed by atoms with Crippen LogP contribution in [0.5, 0.6) is 0 Å². The van der Waals surface area contributed by atoms with Crippen molar-refractivity contribution in [2.45, 2.75) is 4.90 Å². The van der Waals surface area contributed by atoms with Crippen molar-refractivity contribution in [3.63, 3.8) is 0 Å². The van der Waals surface area contributed by atoms with Gasteiger partial charge in [-0.15, -0.1) is 37.2 Å². The molecule has 14 heteroatoms. The lowest BCUT2D eigenvalue weighted by Crippen LogP contribution is -2.46. The molecule has 3 aromatic carbocycles. The molecular formula is C26H25Cl3F2N4O4S. The molecule has 1 aliphatic heterocycles. The molecule has 0 saturated carbocycles. The van der Waals surface area contributed by atoms with E-state index in [1.54, 1.807) is 18.2 Å². The van der Waals surface area contributed by atoms with Crippen molar-refractivity contribution < 1.29 is 27.1 Å². The number of hydrogen-bond donors (Lipinski definition) is 2. The summed E-state index contributed by atoms with van der Waals surface area (Å²) in [6, 6.07) is 16.6. The van der Waals surface area contributed by atoms with E-state index in [1.165, 1.54) is 30.3 Å². The number of nitrogens with one attached hydrogen (secondary N) is 1. The second-order valence-corrected chi connectivity index (χ2v) is 10.3. The molecule has 0 bridgehead atoms. The van der Waals surface area contributed by atoms with Gasteiger partial charge in [-0.1, -0.05) is 0 Å². The standard InChI is InChI=1S/C26H22F2N4O4S.3ClH/c27-17-1-6-20(7-2-17)31-11-13-32(14-12-31)25-16-23(26(33)34)22-15-19(5-10-24(22)29-25)30-37(35,36)21-8-3-18(28)4-9-21;;;/h1-10,15-16,30H,11-14H2,(H,33,34);3*1H. The predicted octanol–water partition coefficient (Wildman–Crippen LogP) is 5.60. The van der Waals surface area contributed by atoms with E-state index >= 15 is 0 Å². The molecule has 5 rings (SSSR count). The van der Waals surface area contributed by atoms with Gasteiger partial charge in [-0.25, -0.2) is 27.0 Å². The van der Waals surface area contributed by atoms with Gasteiger partial charge in [-0.2, -0.15) is 0 Å². The number of carbonyl (C=O) groups is 1. The highest BCUT2D eigenvalue weighted by atomic mass is 35.5. The Balaban J connectivity index is 0.00000187. The van der Waals surface area contributed by atoms with Gasteiger partial charge in [0.05, 0.1) is 16.0 Å². The molecule has 2 N–H and O–H groups in total. The molecule has 0 spiro atoms. The van der Waals surface area contributed by atoms with Crippen LogP contribution in [0.15, 0.2) is 77.7 Å². The van der Waals surface area contributed by atoms with Crippen LogP contribution in [0.3, 0.4) is 0 Å². The van der Waals surface area contributed by atoms with E-state index in [-0.39, 0.29) is 64.6 Å². The summed E-state index contributed by atoms with van der Waals surface area (Å²) in [4.78, 5) is 20.7. The second-order valence-electron chi connectivity index (χ2n) is 8.58.